The molecule has 184 valence electrons. The molecule has 1 saturated heterocycles. The number of ether oxygens (including phenoxy) is 1. The zero-order chi connectivity index (χ0) is 25.1. The van der Waals surface area contributed by atoms with E-state index in [0.29, 0.717) is 13.0 Å². The first kappa shape index (κ1) is 23.6. The smallest absolute Gasteiger partial charge is 0.243 e. The van der Waals surface area contributed by atoms with E-state index in [1.54, 1.807) is 6.20 Å². The molecular weight excluding hydrogens is 452 g/mol. The molecule has 0 aliphatic carbocycles. The Morgan fingerprint density at radius 1 is 1.00 bits per heavy atom. The summed E-state index contributed by atoms with van der Waals surface area (Å²) in [4.78, 5) is 30.3. The molecule has 2 N–H and O–H groups in total. The second-order valence-corrected chi connectivity index (χ2v) is 9.18. The van der Waals surface area contributed by atoms with E-state index in [1.807, 2.05) is 67.6 Å². The maximum absolute atomic E-state index is 13.1. The van der Waals surface area contributed by atoms with E-state index in [9.17, 15) is 9.59 Å². The summed E-state index contributed by atoms with van der Waals surface area (Å²) in [6, 6.07) is 20.3. The number of aromatic nitrogens is 2. The van der Waals surface area contributed by atoms with E-state index in [4.69, 9.17) is 4.74 Å². The van der Waals surface area contributed by atoms with Gasteiger partial charge in [0.05, 0.1) is 0 Å². The SMILES string of the molecule is CCn1cc([C@@H](C)[C@H]2NC(=O)[C@H](Cc3ccccn3)NC2=O)c2cc(OCc3ccccc3)ccc21. The molecule has 4 aromatic rings. The van der Waals surface area contributed by atoms with Crippen LogP contribution in [0.1, 0.15) is 36.6 Å². The topological polar surface area (TPSA) is 85.3 Å². The number of rotatable bonds is 8. The van der Waals surface area contributed by atoms with Crippen molar-refractivity contribution in [3.8, 4) is 5.75 Å². The highest BCUT2D eigenvalue weighted by Crippen LogP contribution is 2.33. The molecule has 3 atom stereocenters. The zero-order valence-electron chi connectivity index (χ0n) is 20.5. The highest BCUT2D eigenvalue weighted by molar-refractivity contribution is 5.98. The molecule has 1 aliphatic heterocycles. The number of benzene rings is 2. The Labute approximate surface area is 210 Å². The van der Waals surface area contributed by atoms with Gasteiger partial charge >= 0.3 is 0 Å². The van der Waals surface area contributed by atoms with Crippen LogP contribution in [0.4, 0.5) is 0 Å². The third-order valence-electron chi connectivity index (χ3n) is 6.82. The molecule has 1 fully saturated rings. The molecule has 1 aliphatic rings. The largest absolute Gasteiger partial charge is 0.489 e. The van der Waals surface area contributed by atoms with Crippen molar-refractivity contribution < 1.29 is 14.3 Å². The molecule has 2 amide bonds. The summed E-state index contributed by atoms with van der Waals surface area (Å²) >= 11 is 0. The van der Waals surface area contributed by atoms with Gasteiger partial charge in [0, 0.05) is 47.9 Å². The van der Waals surface area contributed by atoms with Crippen molar-refractivity contribution in [2.24, 2.45) is 0 Å². The lowest BCUT2D eigenvalue weighted by Crippen LogP contribution is -2.63. The molecule has 3 heterocycles. The van der Waals surface area contributed by atoms with Crippen molar-refractivity contribution in [1.82, 2.24) is 20.2 Å². The fourth-order valence-electron chi connectivity index (χ4n) is 4.81. The monoisotopic (exact) mass is 482 g/mol. The van der Waals surface area contributed by atoms with Gasteiger partial charge in [-0.1, -0.05) is 43.3 Å². The van der Waals surface area contributed by atoms with Crippen LogP contribution in [-0.4, -0.2) is 33.4 Å². The first-order chi connectivity index (χ1) is 17.5. The number of hydrogen-bond donors (Lipinski definition) is 2. The maximum atomic E-state index is 13.1. The van der Waals surface area contributed by atoms with Gasteiger partial charge in [-0.3, -0.25) is 14.6 Å². The first-order valence-corrected chi connectivity index (χ1v) is 12.3. The van der Waals surface area contributed by atoms with Gasteiger partial charge in [0.25, 0.3) is 0 Å². The van der Waals surface area contributed by atoms with Gasteiger partial charge in [-0.15, -0.1) is 0 Å². The predicted molar refractivity (Wildman–Crippen MR) is 139 cm³/mol. The van der Waals surface area contributed by atoms with Crippen LogP contribution in [0.2, 0.25) is 0 Å². The number of carbonyl (C=O) groups is 2. The molecule has 0 spiro atoms. The van der Waals surface area contributed by atoms with Crippen LogP contribution in [0.25, 0.3) is 10.9 Å². The molecule has 0 saturated carbocycles. The lowest BCUT2D eigenvalue weighted by molar-refractivity contribution is -0.137. The van der Waals surface area contributed by atoms with Gasteiger partial charge in [0.2, 0.25) is 11.8 Å². The van der Waals surface area contributed by atoms with E-state index in [0.717, 1.165) is 40.0 Å². The molecule has 7 nitrogen and oxygen atoms in total. The van der Waals surface area contributed by atoms with E-state index in [1.165, 1.54) is 0 Å². The van der Waals surface area contributed by atoms with Crippen LogP contribution in [0.3, 0.4) is 0 Å². The fourth-order valence-corrected chi connectivity index (χ4v) is 4.81. The number of fused-ring (bicyclic) bond motifs is 1. The summed E-state index contributed by atoms with van der Waals surface area (Å²) in [6.45, 7) is 5.34. The summed E-state index contributed by atoms with van der Waals surface area (Å²) in [5.41, 5.74) is 3.93. The van der Waals surface area contributed by atoms with E-state index in [-0.39, 0.29) is 17.7 Å². The van der Waals surface area contributed by atoms with Crippen LogP contribution in [0, 0.1) is 0 Å². The van der Waals surface area contributed by atoms with E-state index < -0.39 is 12.1 Å². The third-order valence-corrected chi connectivity index (χ3v) is 6.82. The van der Waals surface area contributed by atoms with Crippen molar-refractivity contribution in [1.29, 1.82) is 0 Å². The molecule has 0 unspecified atom stereocenters. The average Bonchev–Trinajstić information content (AvgIpc) is 3.28. The Kier molecular flexibility index (Phi) is 6.71. The second kappa shape index (κ2) is 10.2. The molecule has 0 bridgehead atoms. The molecular formula is C29H30N4O3. The Morgan fingerprint density at radius 3 is 2.56 bits per heavy atom. The van der Waals surface area contributed by atoms with Crippen molar-refractivity contribution >= 4 is 22.7 Å². The van der Waals surface area contributed by atoms with Crippen LogP contribution in [0.15, 0.2) is 79.1 Å². The average molecular weight is 483 g/mol. The van der Waals surface area contributed by atoms with Crippen LogP contribution < -0.4 is 15.4 Å². The van der Waals surface area contributed by atoms with Gasteiger partial charge in [-0.2, -0.15) is 0 Å². The minimum absolute atomic E-state index is 0.183. The molecule has 7 heteroatoms. The van der Waals surface area contributed by atoms with Crippen LogP contribution in [0.5, 0.6) is 5.75 Å². The zero-order valence-corrected chi connectivity index (χ0v) is 20.5. The first-order valence-electron chi connectivity index (χ1n) is 12.3. The molecule has 5 rings (SSSR count). The van der Waals surface area contributed by atoms with E-state index in [2.05, 4.69) is 39.4 Å². The van der Waals surface area contributed by atoms with Crippen molar-refractivity contribution in [3.05, 3.63) is 95.9 Å². The summed E-state index contributed by atoms with van der Waals surface area (Å²) in [5.74, 6) is 0.158. The Hall–Kier alpha value is -4.13. The molecule has 2 aromatic carbocycles. The fraction of sp³-hybridized carbons (Fsp3) is 0.276. The number of hydrogen-bond acceptors (Lipinski definition) is 4. The summed E-state index contributed by atoms with van der Waals surface area (Å²) < 4.78 is 8.23. The Balaban J connectivity index is 1.37. The van der Waals surface area contributed by atoms with Crippen LogP contribution in [-0.2, 0) is 29.2 Å². The van der Waals surface area contributed by atoms with Crippen molar-refractivity contribution in [2.45, 2.75) is 51.4 Å². The quantitative estimate of drug-likeness (QED) is 0.398. The number of carbonyl (C=O) groups excluding carboxylic acids is 2. The highest BCUT2D eigenvalue weighted by Gasteiger charge is 2.38. The summed E-state index contributed by atoms with van der Waals surface area (Å²) in [7, 11) is 0. The normalized spacial score (nSPS) is 18.5. The lowest BCUT2D eigenvalue weighted by Gasteiger charge is -2.32. The van der Waals surface area contributed by atoms with E-state index >= 15 is 0 Å². The summed E-state index contributed by atoms with van der Waals surface area (Å²) in [5, 5.41) is 6.90. The van der Waals surface area contributed by atoms with Gasteiger partial charge < -0.3 is 19.9 Å². The van der Waals surface area contributed by atoms with Crippen molar-refractivity contribution in [3.63, 3.8) is 0 Å². The highest BCUT2D eigenvalue weighted by atomic mass is 16.5. The number of aryl methyl sites for hydroxylation is 1. The Bertz CT molecular complexity index is 1370. The summed E-state index contributed by atoms with van der Waals surface area (Å²) in [6.07, 6.45) is 4.12. The second-order valence-electron chi connectivity index (χ2n) is 9.18. The van der Waals surface area contributed by atoms with Gasteiger partial charge in [0.1, 0.15) is 24.4 Å². The minimum Gasteiger partial charge on any atom is -0.489 e. The standard InChI is InChI=1S/C29H30N4O3/c1-3-33-17-24(23-16-22(12-13-26(23)33)36-18-20-9-5-4-6-10-20)19(2)27-29(35)31-25(28(34)32-27)15-21-11-7-8-14-30-21/h4-14,16-17,19,25,27H,3,15,18H2,1-2H3,(H,31,35)(H,32,34)/t19-,25+,27-/m1/s1. The van der Waals surface area contributed by atoms with Crippen LogP contribution >= 0.6 is 0 Å². The minimum atomic E-state index is -0.665. The van der Waals surface area contributed by atoms with Gasteiger partial charge in [0.15, 0.2) is 0 Å². The maximum Gasteiger partial charge on any atom is 0.243 e. The predicted octanol–water partition coefficient (Wildman–Crippen LogP) is 3.96. The third kappa shape index (κ3) is 4.82. The number of amides is 2. The molecule has 2 aromatic heterocycles. The molecule has 36 heavy (non-hydrogen) atoms. The number of piperazine rings is 1. The van der Waals surface area contributed by atoms with Gasteiger partial charge in [-0.25, -0.2) is 0 Å². The van der Waals surface area contributed by atoms with Gasteiger partial charge in [-0.05, 0) is 48.4 Å². The lowest BCUT2D eigenvalue weighted by atomic mass is 9.90. The number of pyridine rings is 1. The Morgan fingerprint density at radius 2 is 1.81 bits per heavy atom. The number of nitrogens with one attached hydrogen (secondary N) is 2. The number of nitrogens with zero attached hydrogens (tertiary/aromatic N) is 2. The van der Waals surface area contributed by atoms with Crippen molar-refractivity contribution in [2.75, 3.05) is 0 Å². The molecule has 0 radical (unpaired) electrons.